The molecule has 0 aliphatic carbocycles. The summed E-state index contributed by atoms with van der Waals surface area (Å²) in [5.41, 5.74) is 2.46. The van der Waals surface area contributed by atoms with E-state index in [2.05, 4.69) is 0 Å². The molecule has 0 N–H and O–H groups in total. The number of benzene rings is 3. The van der Waals surface area contributed by atoms with Gasteiger partial charge in [0.25, 0.3) is 5.91 Å². The van der Waals surface area contributed by atoms with Crippen LogP contribution in [-0.2, 0) is 4.79 Å². The molecule has 2 aliphatic rings. The maximum Gasteiger partial charge on any atom is 0.271 e. The summed E-state index contributed by atoms with van der Waals surface area (Å²) in [6.45, 7) is 2.08. The Labute approximate surface area is 183 Å². The van der Waals surface area contributed by atoms with E-state index in [1.165, 1.54) is 0 Å². The zero-order valence-corrected chi connectivity index (χ0v) is 17.5. The average molecular weight is 442 g/mol. The second-order valence-electron chi connectivity index (χ2n) is 7.19. The van der Waals surface area contributed by atoms with E-state index in [1.54, 1.807) is 29.2 Å². The van der Waals surface area contributed by atoms with Gasteiger partial charge in [-0.25, -0.2) is 0 Å². The monoisotopic (exact) mass is 441 g/mol. The number of β-lactam (4-membered cyclic amide) rings is 1. The minimum atomic E-state index is -0.691. The third kappa shape index (κ3) is 3.24. The van der Waals surface area contributed by atoms with Crippen molar-refractivity contribution in [2.24, 2.45) is 0 Å². The first kappa shape index (κ1) is 19.1. The fourth-order valence-corrected chi connectivity index (χ4v) is 4.21. The highest BCUT2D eigenvalue weighted by atomic mass is 35.5. The highest BCUT2D eigenvalue weighted by molar-refractivity contribution is 6.31. The number of nitrogens with zero attached hydrogens (tertiary/aromatic N) is 1. The van der Waals surface area contributed by atoms with Gasteiger partial charge in [0.1, 0.15) is 11.8 Å². The maximum atomic E-state index is 13.1. The van der Waals surface area contributed by atoms with Crippen LogP contribution in [0.5, 0.6) is 17.2 Å². The number of rotatable bonds is 4. The van der Waals surface area contributed by atoms with Crippen molar-refractivity contribution in [3.05, 3.63) is 81.8 Å². The molecule has 1 saturated heterocycles. The molecular weight excluding hydrogens is 425 g/mol. The number of aryl methyl sites for hydroxylation is 1. The molecule has 0 bridgehead atoms. The van der Waals surface area contributed by atoms with Gasteiger partial charge in [-0.15, -0.1) is 0 Å². The number of fused-ring (bicyclic) bond motifs is 1. The predicted molar refractivity (Wildman–Crippen MR) is 115 cm³/mol. The topological polar surface area (TPSA) is 48.0 Å². The van der Waals surface area contributed by atoms with Gasteiger partial charge in [-0.1, -0.05) is 35.3 Å². The predicted octanol–water partition coefficient (Wildman–Crippen LogP) is 5.57. The Bertz CT molecular complexity index is 1150. The zero-order chi connectivity index (χ0) is 20.8. The second-order valence-corrected chi connectivity index (χ2v) is 8.07. The molecule has 152 valence electrons. The first-order valence-electron chi connectivity index (χ1n) is 9.42. The largest absolute Gasteiger partial charge is 0.478 e. The van der Waals surface area contributed by atoms with Gasteiger partial charge >= 0.3 is 0 Å². The zero-order valence-electron chi connectivity index (χ0n) is 16.0. The second kappa shape index (κ2) is 7.42. The maximum absolute atomic E-state index is 13.1. The molecule has 2 aliphatic heterocycles. The molecule has 2 heterocycles. The number of ether oxygens (including phenoxy) is 3. The molecule has 2 atom stereocenters. The summed E-state index contributed by atoms with van der Waals surface area (Å²) in [5.74, 6) is 1.81. The van der Waals surface area contributed by atoms with Gasteiger partial charge < -0.3 is 14.2 Å². The lowest BCUT2D eigenvalue weighted by Gasteiger charge is -2.46. The average Bonchev–Trinajstić information content (AvgIpc) is 3.19. The van der Waals surface area contributed by atoms with E-state index in [0.29, 0.717) is 33.0 Å². The van der Waals surface area contributed by atoms with E-state index in [-0.39, 0.29) is 18.7 Å². The van der Waals surface area contributed by atoms with Gasteiger partial charge in [-0.2, -0.15) is 0 Å². The number of carbonyl (C=O) groups excluding carboxylic acids is 1. The van der Waals surface area contributed by atoms with Crippen molar-refractivity contribution in [3.8, 4) is 17.2 Å². The summed E-state index contributed by atoms with van der Waals surface area (Å²) in [7, 11) is 0. The first-order valence-corrected chi connectivity index (χ1v) is 10.2. The van der Waals surface area contributed by atoms with E-state index >= 15 is 0 Å². The third-order valence-corrected chi connectivity index (χ3v) is 5.73. The van der Waals surface area contributed by atoms with Crippen LogP contribution in [0.1, 0.15) is 17.2 Å². The van der Waals surface area contributed by atoms with Crippen molar-refractivity contribution in [1.82, 2.24) is 0 Å². The van der Waals surface area contributed by atoms with Gasteiger partial charge in [0.15, 0.2) is 11.5 Å². The van der Waals surface area contributed by atoms with E-state index in [1.807, 2.05) is 43.3 Å². The molecule has 3 aromatic carbocycles. The number of hydrogen-bond acceptors (Lipinski definition) is 4. The van der Waals surface area contributed by atoms with Crippen LogP contribution in [0.25, 0.3) is 0 Å². The molecule has 0 aromatic heterocycles. The SMILES string of the molecule is Cc1cc(Cl)ccc1O[C@@H]1C(=O)N(c2cccc(Cl)c2)[C@@H]1c1ccc2c(c1)OCO2. The standard InChI is InChI=1S/C23H17Cl2NO4/c1-13-9-16(25)6-8-18(13)30-22-21(14-5-7-19-20(10-14)29-12-28-19)26(23(22)27)17-4-2-3-15(24)11-17/h2-11,21-22H,12H2,1H3/t21-,22+/m1/s1. The summed E-state index contributed by atoms with van der Waals surface area (Å²) in [6.07, 6.45) is -0.691. The Morgan fingerprint density at radius 3 is 2.57 bits per heavy atom. The van der Waals surface area contributed by atoms with Gasteiger partial charge in [-0.05, 0) is 66.6 Å². The van der Waals surface area contributed by atoms with Crippen molar-refractivity contribution in [3.63, 3.8) is 0 Å². The molecule has 5 nitrogen and oxygen atoms in total. The van der Waals surface area contributed by atoms with E-state index in [9.17, 15) is 4.79 Å². The van der Waals surface area contributed by atoms with Gasteiger partial charge in [0.05, 0.1) is 0 Å². The van der Waals surface area contributed by atoms with Gasteiger partial charge in [0, 0.05) is 15.7 Å². The molecular formula is C23H17Cl2NO4. The Hall–Kier alpha value is -2.89. The molecule has 0 spiro atoms. The van der Waals surface area contributed by atoms with Crippen LogP contribution in [-0.4, -0.2) is 18.8 Å². The summed E-state index contributed by atoms with van der Waals surface area (Å²) < 4.78 is 17.1. The minimum absolute atomic E-state index is 0.144. The summed E-state index contributed by atoms with van der Waals surface area (Å²) in [5, 5.41) is 1.18. The van der Waals surface area contributed by atoms with Crippen LogP contribution in [0.3, 0.4) is 0 Å². The summed E-state index contributed by atoms with van der Waals surface area (Å²) in [4.78, 5) is 14.8. The van der Waals surface area contributed by atoms with Crippen LogP contribution in [0.4, 0.5) is 5.69 Å². The summed E-state index contributed by atoms with van der Waals surface area (Å²) >= 11 is 12.2. The molecule has 30 heavy (non-hydrogen) atoms. The summed E-state index contributed by atoms with van der Waals surface area (Å²) in [6, 6.07) is 17.9. The van der Waals surface area contributed by atoms with Crippen LogP contribution in [0.15, 0.2) is 60.7 Å². The lowest BCUT2D eigenvalue weighted by atomic mass is 9.89. The fourth-order valence-electron chi connectivity index (χ4n) is 3.79. The highest BCUT2D eigenvalue weighted by Gasteiger charge is 2.51. The molecule has 1 fully saturated rings. The number of halogens is 2. The molecule has 0 radical (unpaired) electrons. The van der Waals surface area contributed by atoms with E-state index < -0.39 is 6.10 Å². The molecule has 0 unspecified atom stereocenters. The van der Waals surface area contributed by atoms with Gasteiger partial charge in [0.2, 0.25) is 12.9 Å². The highest BCUT2D eigenvalue weighted by Crippen LogP contribution is 2.45. The number of hydrogen-bond donors (Lipinski definition) is 0. The molecule has 3 aromatic rings. The van der Waals surface area contributed by atoms with Gasteiger partial charge in [-0.3, -0.25) is 9.69 Å². The number of amides is 1. The van der Waals surface area contributed by atoms with Crippen LogP contribution in [0, 0.1) is 6.92 Å². The Morgan fingerprint density at radius 2 is 1.77 bits per heavy atom. The molecule has 0 saturated carbocycles. The Kier molecular flexibility index (Phi) is 4.72. The van der Waals surface area contributed by atoms with Crippen molar-refractivity contribution in [2.45, 2.75) is 19.1 Å². The number of anilines is 1. The van der Waals surface area contributed by atoms with Crippen molar-refractivity contribution in [1.29, 1.82) is 0 Å². The first-order chi connectivity index (χ1) is 14.5. The smallest absolute Gasteiger partial charge is 0.271 e. The minimum Gasteiger partial charge on any atom is -0.478 e. The quantitative estimate of drug-likeness (QED) is 0.496. The molecule has 7 heteroatoms. The third-order valence-electron chi connectivity index (χ3n) is 5.26. The van der Waals surface area contributed by atoms with E-state index in [0.717, 1.165) is 11.1 Å². The van der Waals surface area contributed by atoms with Crippen molar-refractivity contribution in [2.75, 3.05) is 11.7 Å². The van der Waals surface area contributed by atoms with E-state index in [4.69, 9.17) is 37.4 Å². The molecule has 1 amide bonds. The van der Waals surface area contributed by atoms with Crippen LogP contribution < -0.4 is 19.1 Å². The Morgan fingerprint density at radius 1 is 0.967 bits per heavy atom. The number of carbonyl (C=O) groups is 1. The fraction of sp³-hybridized carbons (Fsp3) is 0.174. The van der Waals surface area contributed by atoms with Crippen molar-refractivity contribution >= 4 is 34.8 Å². The molecule has 5 rings (SSSR count). The Balaban J connectivity index is 1.53. The lowest BCUT2D eigenvalue weighted by molar-refractivity contribution is -0.135. The normalized spacial score (nSPS) is 19.6. The van der Waals surface area contributed by atoms with Crippen molar-refractivity contribution < 1.29 is 19.0 Å². The van der Waals surface area contributed by atoms with Crippen LogP contribution in [0.2, 0.25) is 10.0 Å². The van der Waals surface area contributed by atoms with Crippen LogP contribution >= 0.6 is 23.2 Å². The lowest BCUT2D eigenvalue weighted by Crippen LogP contribution is -2.61.